The Hall–Kier alpha value is -3.69. The van der Waals surface area contributed by atoms with E-state index >= 15 is 0 Å². The molecule has 3 rings (SSSR count). The smallest absolute Gasteiger partial charge is 0.331 e. The number of anilines is 1. The van der Waals surface area contributed by atoms with Crippen molar-refractivity contribution in [3.8, 4) is 0 Å². The second-order valence-corrected chi connectivity index (χ2v) is 5.78. The van der Waals surface area contributed by atoms with Gasteiger partial charge in [-0.1, -0.05) is 30.3 Å². The third-order valence-corrected chi connectivity index (χ3v) is 3.78. The molecule has 144 valence electrons. The van der Waals surface area contributed by atoms with E-state index in [1.807, 2.05) is 30.3 Å². The number of tetrazole rings is 1. The number of nitrogens with one attached hydrogen (secondary N) is 1. The van der Waals surface area contributed by atoms with Gasteiger partial charge in [0.2, 0.25) is 0 Å². The van der Waals surface area contributed by atoms with E-state index in [0.717, 1.165) is 17.7 Å². The summed E-state index contributed by atoms with van der Waals surface area (Å²) in [4.78, 5) is 24.4. The number of benzene rings is 2. The first kappa shape index (κ1) is 19.1. The Morgan fingerprint density at radius 1 is 1.11 bits per heavy atom. The summed E-state index contributed by atoms with van der Waals surface area (Å²) in [5, 5.41) is 13.1. The highest BCUT2D eigenvalue weighted by Gasteiger charge is 2.24. The largest absolute Gasteiger partial charge is 0.454 e. The van der Waals surface area contributed by atoms with Gasteiger partial charge in [-0.25, -0.2) is 18.3 Å². The van der Waals surface area contributed by atoms with E-state index in [-0.39, 0.29) is 12.1 Å². The number of hydrogen-bond donors (Lipinski definition) is 1. The minimum Gasteiger partial charge on any atom is -0.454 e. The fourth-order valence-electron chi connectivity index (χ4n) is 2.44. The van der Waals surface area contributed by atoms with Crippen molar-refractivity contribution < 1.29 is 23.1 Å². The van der Waals surface area contributed by atoms with E-state index in [9.17, 15) is 18.4 Å². The lowest BCUT2D eigenvalue weighted by molar-refractivity contribution is -0.151. The lowest BCUT2D eigenvalue weighted by atomic mass is 10.1. The van der Waals surface area contributed by atoms with Crippen LogP contribution in [0, 0.1) is 11.6 Å². The van der Waals surface area contributed by atoms with Gasteiger partial charge in [0, 0.05) is 18.2 Å². The maximum Gasteiger partial charge on any atom is 0.331 e. The molecule has 0 fully saturated rings. The maximum atomic E-state index is 13.2. The van der Waals surface area contributed by atoms with Crippen LogP contribution in [0.3, 0.4) is 0 Å². The Kier molecular flexibility index (Phi) is 6.00. The van der Waals surface area contributed by atoms with Crippen LogP contribution in [0.1, 0.15) is 11.6 Å². The van der Waals surface area contributed by atoms with Crippen molar-refractivity contribution in [2.45, 2.75) is 12.5 Å². The first-order valence-corrected chi connectivity index (χ1v) is 8.21. The van der Waals surface area contributed by atoms with Gasteiger partial charge in [0.1, 0.15) is 6.33 Å². The number of halogens is 2. The van der Waals surface area contributed by atoms with Crippen LogP contribution in [0.2, 0.25) is 0 Å². The number of aromatic nitrogens is 4. The molecule has 1 aromatic heterocycles. The summed E-state index contributed by atoms with van der Waals surface area (Å²) in [6.07, 6.45) is 1.53. The van der Waals surface area contributed by atoms with Crippen molar-refractivity contribution in [2.75, 3.05) is 11.9 Å². The van der Waals surface area contributed by atoms with Crippen molar-refractivity contribution in [3.05, 3.63) is 72.1 Å². The lowest BCUT2D eigenvalue weighted by Gasteiger charge is -2.15. The minimum absolute atomic E-state index is 0.0428. The minimum atomic E-state index is -1.10. The van der Waals surface area contributed by atoms with E-state index in [1.165, 1.54) is 17.1 Å². The van der Waals surface area contributed by atoms with Crippen LogP contribution in [-0.4, -0.2) is 38.7 Å². The molecule has 0 bridgehead atoms. The van der Waals surface area contributed by atoms with E-state index < -0.39 is 36.2 Å². The van der Waals surface area contributed by atoms with Crippen LogP contribution >= 0.6 is 0 Å². The number of nitrogens with zero attached hydrogens (tertiary/aromatic N) is 4. The number of esters is 1. The molecule has 0 saturated heterocycles. The molecule has 0 unspecified atom stereocenters. The summed E-state index contributed by atoms with van der Waals surface area (Å²) >= 11 is 0. The Balaban J connectivity index is 1.61. The first-order chi connectivity index (χ1) is 13.5. The fourth-order valence-corrected chi connectivity index (χ4v) is 2.44. The van der Waals surface area contributed by atoms with E-state index in [1.54, 1.807) is 0 Å². The van der Waals surface area contributed by atoms with Gasteiger partial charge in [0.15, 0.2) is 24.3 Å². The highest BCUT2D eigenvalue weighted by molar-refractivity contribution is 5.93. The zero-order valence-electron chi connectivity index (χ0n) is 14.5. The van der Waals surface area contributed by atoms with Crippen LogP contribution in [-0.2, 0) is 20.7 Å². The summed E-state index contributed by atoms with van der Waals surface area (Å²) in [6, 6.07) is 11.2. The topological polar surface area (TPSA) is 99.0 Å². The average molecular weight is 387 g/mol. The molecule has 1 atom stereocenters. The Morgan fingerprint density at radius 2 is 1.89 bits per heavy atom. The van der Waals surface area contributed by atoms with Gasteiger partial charge < -0.3 is 10.1 Å². The molecule has 28 heavy (non-hydrogen) atoms. The highest BCUT2D eigenvalue weighted by Crippen LogP contribution is 2.16. The summed E-state index contributed by atoms with van der Waals surface area (Å²) in [5.41, 5.74) is 0.896. The van der Waals surface area contributed by atoms with Gasteiger partial charge in [-0.3, -0.25) is 4.79 Å². The van der Waals surface area contributed by atoms with Crippen molar-refractivity contribution in [3.63, 3.8) is 0 Å². The lowest BCUT2D eigenvalue weighted by Crippen LogP contribution is -2.28. The standard InChI is InChI=1S/C18H15F2N5O3/c19-14-7-6-13(9-15(14)20)22-17(26)10-28-18(27)16(25-11-21-23-24-25)8-12-4-2-1-3-5-12/h1-7,9,11,16H,8,10H2,(H,22,26)/t16-/m0/s1. The molecule has 10 heteroatoms. The molecule has 1 N–H and O–H groups in total. The summed E-state index contributed by atoms with van der Waals surface area (Å²) in [5.74, 6) is -3.54. The molecule has 0 radical (unpaired) electrons. The van der Waals surface area contributed by atoms with Crippen molar-refractivity contribution in [2.24, 2.45) is 0 Å². The number of ether oxygens (including phenoxy) is 1. The molecule has 0 aliphatic rings. The molecule has 1 heterocycles. The molecule has 0 aliphatic heterocycles. The molecule has 2 aromatic carbocycles. The summed E-state index contributed by atoms with van der Waals surface area (Å²) in [6.45, 7) is -0.606. The van der Waals surface area contributed by atoms with Crippen LogP contribution in [0.5, 0.6) is 0 Å². The number of rotatable bonds is 7. The third-order valence-electron chi connectivity index (χ3n) is 3.78. The molecular weight excluding hydrogens is 372 g/mol. The maximum absolute atomic E-state index is 13.2. The SMILES string of the molecule is O=C(COC(=O)[C@H](Cc1ccccc1)n1cnnn1)Nc1ccc(F)c(F)c1. The zero-order chi connectivity index (χ0) is 19.9. The third kappa shape index (κ3) is 4.93. The van der Waals surface area contributed by atoms with Gasteiger partial charge in [-0.15, -0.1) is 5.10 Å². The summed E-state index contributed by atoms with van der Waals surface area (Å²) in [7, 11) is 0. The van der Waals surface area contributed by atoms with Crippen molar-refractivity contribution in [1.29, 1.82) is 0 Å². The van der Waals surface area contributed by atoms with Crippen LogP contribution in [0.15, 0.2) is 54.9 Å². The molecular formula is C18H15F2N5O3. The molecule has 3 aromatic rings. The van der Waals surface area contributed by atoms with Gasteiger partial charge in [-0.2, -0.15) is 0 Å². The van der Waals surface area contributed by atoms with E-state index in [4.69, 9.17) is 4.74 Å². The average Bonchev–Trinajstić information content (AvgIpc) is 3.22. The Morgan fingerprint density at radius 3 is 2.57 bits per heavy atom. The predicted molar refractivity (Wildman–Crippen MR) is 92.9 cm³/mol. The zero-order valence-corrected chi connectivity index (χ0v) is 14.5. The van der Waals surface area contributed by atoms with Crippen LogP contribution in [0.4, 0.5) is 14.5 Å². The first-order valence-electron chi connectivity index (χ1n) is 8.21. The molecule has 0 saturated carbocycles. The number of carbonyl (C=O) groups is 2. The number of amides is 1. The van der Waals surface area contributed by atoms with Crippen molar-refractivity contribution in [1.82, 2.24) is 20.2 Å². The van der Waals surface area contributed by atoms with E-state index in [0.29, 0.717) is 0 Å². The molecule has 0 spiro atoms. The quantitative estimate of drug-likeness (QED) is 0.622. The number of carbonyl (C=O) groups excluding carboxylic acids is 2. The van der Waals surface area contributed by atoms with Gasteiger partial charge in [-0.05, 0) is 28.1 Å². The normalized spacial score (nSPS) is 11.6. The van der Waals surface area contributed by atoms with Crippen LogP contribution < -0.4 is 5.32 Å². The monoisotopic (exact) mass is 387 g/mol. The van der Waals surface area contributed by atoms with Crippen LogP contribution in [0.25, 0.3) is 0 Å². The van der Waals surface area contributed by atoms with E-state index in [2.05, 4.69) is 20.8 Å². The van der Waals surface area contributed by atoms with Gasteiger partial charge in [0.05, 0.1) is 0 Å². The molecule has 0 aliphatic carbocycles. The highest BCUT2D eigenvalue weighted by atomic mass is 19.2. The number of hydrogen-bond acceptors (Lipinski definition) is 6. The predicted octanol–water partition coefficient (Wildman–Crippen LogP) is 1.92. The van der Waals surface area contributed by atoms with Gasteiger partial charge >= 0.3 is 5.97 Å². The molecule has 8 nitrogen and oxygen atoms in total. The summed E-state index contributed by atoms with van der Waals surface area (Å²) < 4.78 is 32.4. The van der Waals surface area contributed by atoms with Crippen molar-refractivity contribution >= 4 is 17.6 Å². The van der Waals surface area contributed by atoms with Gasteiger partial charge in [0.25, 0.3) is 5.91 Å². The second-order valence-electron chi connectivity index (χ2n) is 5.78. The Bertz CT molecular complexity index is 951. The fraction of sp³-hybridized carbons (Fsp3) is 0.167. The second kappa shape index (κ2) is 8.80. The molecule has 1 amide bonds. The Labute approximate surface area is 158 Å².